The summed E-state index contributed by atoms with van der Waals surface area (Å²) < 4.78 is 5.03. The van der Waals surface area contributed by atoms with Gasteiger partial charge in [-0.2, -0.15) is 0 Å². The van der Waals surface area contributed by atoms with E-state index in [0.717, 1.165) is 6.42 Å². The van der Waals surface area contributed by atoms with Crippen molar-refractivity contribution in [2.45, 2.75) is 44.9 Å². The van der Waals surface area contributed by atoms with Crippen molar-refractivity contribution in [1.29, 1.82) is 0 Å². The first kappa shape index (κ1) is 9.32. The second-order valence-electron chi connectivity index (χ2n) is 4.15. The Morgan fingerprint density at radius 3 is 2.42 bits per heavy atom. The zero-order valence-electron chi connectivity index (χ0n) is 7.76. The van der Waals surface area contributed by atoms with Crippen LogP contribution in [0.15, 0.2) is 0 Å². The normalized spacial score (nSPS) is 28.0. The molecule has 0 aromatic carbocycles. The third-order valence-corrected chi connectivity index (χ3v) is 1.54. The predicted molar refractivity (Wildman–Crippen MR) is 45.8 cm³/mol. The first-order chi connectivity index (χ1) is 5.38. The number of hydrogen-bond donors (Lipinski definition) is 2. The molecular weight excluding hydrogens is 156 g/mol. The number of nitrogens with two attached hydrogens (primary N) is 1. The summed E-state index contributed by atoms with van der Waals surface area (Å²) in [6.07, 6.45) is 0.486. The average molecular weight is 172 g/mol. The van der Waals surface area contributed by atoms with Crippen LogP contribution in [0.5, 0.6) is 0 Å². The lowest BCUT2D eigenvalue weighted by Gasteiger charge is -2.19. The van der Waals surface area contributed by atoms with Crippen molar-refractivity contribution in [2.75, 3.05) is 0 Å². The van der Waals surface area contributed by atoms with E-state index < -0.39 is 5.60 Å². The number of amides is 1. The molecule has 0 spiro atoms. The molecule has 4 heteroatoms. The number of ether oxygens (including phenoxy) is 1. The zero-order chi connectivity index (χ0) is 9.35. The smallest absolute Gasteiger partial charge is 0.407 e. The molecule has 1 rings (SSSR count). The van der Waals surface area contributed by atoms with Crippen LogP contribution in [0.25, 0.3) is 0 Å². The zero-order valence-corrected chi connectivity index (χ0v) is 7.76. The van der Waals surface area contributed by atoms with Gasteiger partial charge in [-0.25, -0.2) is 4.79 Å². The molecule has 1 unspecified atom stereocenters. The van der Waals surface area contributed by atoms with Crippen molar-refractivity contribution in [2.24, 2.45) is 5.73 Å². The fourth-order valence-electron chi connectivity index (χ4n) is 0.840. The minimum atomic E-state index is -0.428. The molecule has 1 saturated carbocycles. The van der Waals surface area contributed by atoms with Crippen molar-refractivity contribution < 1.29 is 9.53 Å². The lowest BCUT2D eigenvalue weighted by Crippen LogP contribution is -2.35. The molecule has 0 radical (unpaired) electrons. The summed E-state index contributed by atoms with van der Waals surface area (Å²) in [5, 5.41) is 2.67. The monoisotopic (exact) mass is 172 g/mol. The lowest BCUT2D eigenvalue weighted by atomic mass is 10.2. The van der Waals surface area contributed by atoms with Gasteiger partial charge in [0.25, 0.3) is 0 Å². The Labute approximate surface area is 72.5 Å². The summed E-state index contributed by atoms with van der Waals surface area (Å²) in [4.78, 5) is 11.1. The number of hydrogen-bond acceptors (Lipinski definition) is 3. The lowest BCUT2D eigenvalue weighted by molar-refractivity contribution is 0.0523. The molecule has 2 atom stereocenters. The maximum Gasteiger partial charge on any atom is 0.407 e. The Bertz CT molecular complexity index is 186. The first-order valence-electron chi connectivity index (χ1n) is 4.13. The van der Waals surface area contributed by atoms with Crippen LogP contribution in [-0.2, 0) is 4.74 Å². The highest BCUT2D eigenvalue weighted by atomic mass is 16.6. The van der Waals surface area contributed by atoms with Gasteiger partial charge in [-0.15, -0.1) is 0 Å². The van der Waals surface area contributed by atoms with Gasteiger partial charge in [0.15, 0.2) is 0 Å². The van der Waals surface area contributed by atoms with E-state index >= 15 is 0 Å². The highest BCUT2D eigenvalue weighted by molar-refractivity contribution is 5.68. The van der Waals surface area contributed by atoms with Crippen LogP contribution in [0.3, 0.4) is 0 Å². The first-order valence-corrected chi connectivity index (χ1v) is 4.13. The van der Waals surface area contributed by atoms with E-state index in [1.54, 1.807) is 0 Å². The molecular formula is C8H16N2O2. The van der Waals surface area contributed by atoms with Gasteiger partial charge in [0, 0.05) is 12.1 Å². The van der Waals surface area contributed by atoms with Crippen LogP contribution in [0.2, 0.25) is 0 Å². The van der Waals surface area contributed by atoms with Crippen LogP contribution >= 0.6 is 0 Å². The largest absolute Gasteiger partial charge is 0.444 e. The quantitative estimate of drug-likeness (QED) is 0.609. The van der Waals surface area contributed by atoms with Crippen molar-refractivity contribution >= 4 is 6.09 Å². The van der Waals surface area contributed by atoms with Crippen molar-refractivity contribution in [3.8, 4) is 0 Å². The van der Waals surface area contributed by atoms with Crippen molar-refractivity contribution in [1.82, 2.24) is 5.32 Å². The van der Waals surface area contributed by atoms with Gasteiger partial charge in [-0.05, 0) is 27.2 Å². The number of nitrogens with one attached hydrogen (secondary N) is 1. The highest BCUT2D eigenvalue weighted by Crippen LogP contribution is 2.18. The SMILES string of the molecule is CC(C)(C)OC(=O)N[C@@H]1CC1N. The summed E-state index contributed by atoms with van der Waals surface area (Å²) in [6, 6.07) is 0.248. The highest BCUT2D eigenvalue weighted by Gasteiger charge is 2.35. The number of carbonyl (C=O) groups excluding carboxylic acids is 1. The molecule has 1 amide bonds. The molecule has 0 bridgehead atoms. The van der Waals surface area contributed by atoms with E-state index in [1.807, 2.05) is 20.8 Å². The fourth-order valence-corrected chi connectivity index (χ4v) is 0.840. The van der Waals surface area contributed by atoms with Gasteiger partial charge in [-0.3, -0.25) is 0 Å². The Balaban J connectivity index is 2.21. The molecule has 0 aromatic rings. The predicted octanol–water partition coefficient (Wildman–Crippen LogP) is 0.611. The summed E-state index contributed by atoms with van der Waals surface area (Å²) in [6.45, 7) is 5.50. The van der Waals surface area contributed by atoms with Crippen molar-refractivity contribution in [3.05, 3.63) is 0 Å². The van der Waals surface area contributed by atoms with E-state index in [1.165, 1.54) is 0 Å². The van der Waals surface area contributed by atoms with E-state index in [4.69, 9.17) is 10.5 Å². The minimum absolute atomic E-state index is 0.123. The van der Waals surface area contributed by atoms with Gasteiger partial charge in [-0.1, -0.05) is 0 Å². The number of rotatable bonds is 1. The molecule has 1 aliphatic carbocycles. The van der Waals surface area contributed by atoms with E-state index in [0.29, 0.717) is 0 Å². The molecule has 0 aliphatic heterocycles. The van der Waals surface area contributed by atoms with Gasteiger partial charge < -0.3 is 15.8 Å². The Kier molecular flexibility index (Phi) is 2.28. The topological polar surface area (TPSA) is 64.3 Å². The summed E-state index contributed by atoms with van der Waals surface area (Å²) in [5.74, 6) is 0. The summed E-state index contributed by atoms with van der Waals surface area (Å²) >= 11 is 0. The second-order valence-corrected chi connectivity index (χ2v) is 4.15. The van der Waals surface area contributed by atoms with Crippen LogP contribution in [-0.4, -0.2) is 23.8 Å². The Morgan fingerprint density at radius 2 is 2.08 bits per heavy atom. The van der Waals surface area contributed by atoms with Crippen LogP contribution < -0.4 is 11.1 Å². The molecule has 4 nitrogen and oxygen atoms in total. The van der Waals surface area contributed by atoms with Crippen LogP contribution in [0, 0.1) is 0 Å². The molecule has 1 aliphatic rings. The fraction of sp³-hybridized carbons (Fsp3) is 0.875. The molecule has 3 N–H and O–H groups in total. The summed E-state index contributed by atoms with van der Waals surface area (Å²) in [5.41, 5.74) is 5.08. The van der Waals surface area contributed by atoms with Crippen molar-refractivity contribution in [3.63, 3.8) is 0 Å². The maximum absolute atomic E-state index is 11.1. The molecule has 12 heavy (non-hydrogen) atoms. The van der Waals surface area contributed by atoms with Crippen LogP contribution in [0.1, 0.15) is 27.2 Å². The number of carbonyl (C=O) groups is 1. The summed E-state index contributed by atoms with van der Waals surface area (Å²) in [7, 11) is 0. The third kappa shape index (κ3) is 3.09. The third-order valence-electron chi connectivity index (χ3n) is 1.54. The molecule has 70 valence electrons. The second kappa shape index (κ2) is 2.94. The van der Waals surface area contributed by atoms with Gasteiger partial charge in [0.2, 0.25) is 0 Å². The standard InChI is InChI=1S/C8H16N2O2/c1-8(2,3)12-7(11)10-6-4-5(6)9/h5-6H,4,9H2,1-3H3,(H,10,11)/t5?,6-/m1/s1. The maximum atomic E-state index is 11.1. The number of alkyl carbamates (subject to hydrolysis) is 1. The van der Waals surface area contributed by atoms with Crippen LogP contribution in [0.4, 0.5) is 4.79 Å². The van der Waals surface area contributed by atoms with Gasteiger partial charge in [0.05, 0.1) is 0 Å². The molecule has 0 aromatic heterocycles. The Hall–Kier alpha value is -0.770. The molecule has 0 saturated heterocycles. The van der Waals surface area contributed by atoms with Gasteiger partial charge >= 0.3 is 6.09 Å². The van der Waals surface area contributed by atoms with Gasteiger partial charge in [0.1, 0.15) is 5.60 Å². The minimum Gasteiger partial charge on any atom is -0.444 e. The van der Waals surface area contributed by atoms with E-state index in [2.05, 4.69) is 5.32 Å². The molecule has 0 heterocycles. The Morgan fingerprint density at radius 1 is 1.58 bits per heavy atom. The average Bonchev–Trinajstić information content (AvgIpc) is 2.40. The van der Waals surface area contributed by atoms with E-state index in [-0.39, 0.29) is 18.2 Å². The molecule has 1 fully saturated rings. The van der Waals surface area contributed by atoms with E-state index in [9.17, 15) is 4.79 Å².